The molecule has 9 nitrogen and oxygen atoms in total. The molecule has 1 fully saturated rings. The van der Waals surface area contributed by atoms with Gasteiger partial charge in [0.05, 0.1) is 0 Å². The van der Waals surface area contributed by atoms with Crippen LogP contribution in [0.1, 0.15) is 63.4 Å². The van der Waals surface area contributed by atoms with Crippen molar-refractivity contribution in [1.82, 2.24) is 20.9 Å². The summed E-state index contributed by atoms with van der Waals surface area (Å²) in [6.45, 7) is 0.785. The second-order valence-corrected chi connectivity index (χ2v) is 8.16. The van der Waals surface area contributed by atoms with E-state index in [1.165, 1.54) is 6.42 Å². The summed E-state index contributed by atoms with van der Waals surface area (Å²) in [4.78, 5) is 40.9. The highest BCUT2D eigenvalue weighted by atomic mass is 16.4. The third-order valence-corrected chi connectivity index (χ3v) is 5.66. The van der Waals surface area contributed by atoms with E-state index in [9.17, 15) is 19.5 Å². The molecule has 2 rings (SSSR count). The maximum Gasteiger partial charge on any atom is 0.326 e. The van der Waals surface area contributed by atoms with Gasteiger partial charge < -0.3 is 26.8 Å². The number of rotatable bonds is 12. The molecule has 0 aromatic carbocycles. The van der Waals surface area contributed by atoms with Crippen LogP contribution in [-0.4, -0.2) is 46.6 Å². The second kappa shape index (κ2) is 13.6. The van der Waals surface area contributed by atoms with Gasteiger partial charge in [-0.2, -0.15) is 0 Å². The van der Waals surface area contributed by atoms with Crippen LogP contribution >= 0.6 is 0 Å². The van der Waals surface area contributed by atoms with Gasteiger partial charge in [0.25, 0.3) is 0 Å². The summed E-state index contributed by atoms with van der Waals surface area (Å²) in [5, 5.41) is 17.4. The predicted octanol–water partition coefficient (Wildman–Crippen LogP) is 1.92. The Bertz CT molecular complexity index is 694. The van der Waals surface area contributed by atoms with E-state index < -0.39 is 24.1 Å². The number of carboxylic acid groups (broad SMARTS) is 1. The van der Waals surface area contributed by atoms with E-state index in [4.69, 9.17) is 5.73 Å². The Labute approximate surface area is 183 Å². The van der Waals surface area contributed by atoms with E-state index in [0.717, 1.165) is 31.2 Å². The lowest BCUT2D eigenvalue weighted by molar-refractivity contribution is -0.139. The van der Waals surface area contributed by atoms with Crippen molar-refractivity contribution >= 4 is 17.9 Å². The third kappa shape index (κ3) is 9.33. The van der Waals surface area contributed by atoms with Crippen molar-refractivity contribution in [1.29, 1.82) is 0 Å². The number of amides is 3. The molecule has 6 N–H and O–H groups in total. The first kappa shape index (κ1) is 24.6. The lowest BCUT2D eigenvalue weighted by Gasteiger charge is -2.27. The van der Waals surface area contributed by atoms with E-state index in [2.05, 4.69) is 20.9 Å². The Morgan fingerprint density at radius 1 is 1.13 bits per heavy atom. The van der Waals surface area contributed by atoms with Crippen LogP contribution in [0.3, 0.4) is 0 Å². The number of nitrogens with two attached hydrogens (primary N) is 1. The fourth-order valence-corrected chi connectivity index (χ4v) is 3.91. The number of carboxylic acids is 1. The fourth-order valence-electron chi connectivity index (χ4n) is 3.91. The summed E-state index contributed by atoms with van der Waals surface area (Å²) >= 11 is 0. The molecule has 3 amide bonds. The molecule has 1 saturated carbocycles. The van der Waals surface area contributed by atoms with Crippen LogP contribution in [0.25, 0.3) is 0 Å². The first-order valence-electron chi connectivity index (χ1n) is 11.2. The third-order valence-electron chi connectivity index (χ3n) is 5.66. The highest BCUT2D eigenvalue weighted by molar-refractivity contribution is 5.88. The molecular formula is C22H35N5O4. The van der Waals surface area contributed by atoms with E-state index >= 15 is 0 Å². The van der Waals surface area contributed by atoms with Crippen molar-refractivity contribution in [3.8, 4) is 0 Å². The van der Waals surface area contributed by atoms with E-state index in [-0.39, 0.29) is 5.91 Å². The minimum Gasteiger partial charge on any atom is -0.480 e. The average Bonchev–Trinajstić information content (AvgIpc) is 2.77. The molecule has 1 heterocycles. The number of nitrogens with one attached hydrogen (secondary N) is 3. The molecular weight excluding hydrogens is 398 g/mol. The van der Waals surface area contributed by atoms with Gasteiger partial charge in [-0.3, -0.25) is 9.78 Å². The van der Waals surface area contributed by atoms with Gasteiger partial charge in [0.15, 0.2) is 0 Å². The molecule has 0 aliphatic heterocycles. The maximum absolute atomic E-state index is 12.9. The number of hydrogen-bond acceptors (Lipinski definition) is 5. The Morgan fingerprint density at radius 3 is 2.52 bits per heavy atom. The highest BCUT2D eigenvalue weighted by Crippen LogP contribution is 2.27. The van der Waals surface area contributed by atoms with Gasteiger partial charge in [-0.25, -0.2) is 9.59 Å². The summed E-state index contributed by atoms with van der Waals surface area (Å²) in [7, 11) is 0. The highest BCUT2D eigenvalue weighted by Gasteiger charge is 2.27. The zero-order valence-corrected chi connectivity index (χ0v) is 18.0. The summed E-state index contributed by atoms with van der Waals surface area (Å²) < 4.78 is 0. The Hall–Kier alpha value is -2.68. The van der Waals surface area contributed by atoms with Crippen molar-refractivity contribution in [2.45, 2.75) is 76.4 Å². The first-order chi connectivity index (χ1) is 15.0. The summed E-state index contributed by atoms with van der Waals surface area (Å²) in [5.41, 5.74) is 6.32. The van der Waals surface area contributed by atoms with Gasteiger partial charge in [0, 0.05) is 18.9 Å². The van der Waals surface area contributed by atoms with Crippen molar-refractivity contribution in [2.75, 3.05) is 6.54 Å². The topological polar surface area (TPSA) is 146 Å². The zero-order chi connectivity index (χ0) is 22.5. The van der Waals surface area contributed by atoms with Gasteiger partial charge in [0.1, 0.15) is 12.1 Å². The lowest BCUT2D eigenvalue weighted by Crippen LogP contribution is -2.53. The number of hydrogen-bond donors (Lipinski definition) is 5. The Kier molecular flexibility index (Phi) is 10.8. The number of carbonyl (C=O) groups excluding carboxylic acids is 2. The van der Waals surface area contributed by atoms with Gasteiger partial charge in [-0.15, -0.1) is 0 Å². The first-order valence-corrected chi connectivity index (χ1v) is 11.2. The van der Waals surface area contributed by atoms with Crippen molar-refractivity contribution < 1.29 is 19.5 Å². The van der Waals surface area contributed by atoms with Crippen LogP contribution in [0.4, 0.5) is 4.79 Å². The average molecular weight is 434 g/mol. The van der Waals surface area contributed by atoms with Gasteiger partial charge in [0.2, 0.25) is 5.91 Å². The SMILES string of the molecule is NCCCCC(NC(=O)N[C@H](CC1CCCCC1)C(=O)NCc1cccnc1)C(=O)O. The molecule has 0 spiro atoms. The summed E-state index contributed by atoms with van der Waals surface area (Å²) in [5.74, 6) is -1.01. The maximum atomic E-state index is 12.9. The number of urea groups is 1. The standard InChI is InChI=1S/C22H35N5O4/c23-11-5-4-10-18(21(29)30)26-22(31)27-19(13-16-7-2-1-3-8-16)20(28)25-15-17-9-6-12-24-14-17/h6,9,12,14,16,18-19H,1-5,7-8,10-11,13,15,23H2,(H,25,28)(H,29,30)(H2,26,27,31)/t18?,19-/m1/s1. The molecule has 1 unspecified atom stereocenters. The molecule has 31 heavy (non-hydrogen) atoms. The molecule has 0 radical (unpaired) electrons. The number of nitrogens with zero attached hydrogens (tertiary/aromatic N) is 1. The zero-order valence-electron chi connectivity index (χ0n) is 18.0. The van der Waals surface area contributed by atoms with E-state index in [1.54, 1.807) is 18.5 Å². The Morgan fingerprint density at radius 2 is 1.87 bits per heavy atom. The number of carbonyl (C=O) groups is 3. The number of aliphatic carboxylic acids is 1. The predicted molar refractivity (Wildman–Crippen MR) is 117 cm³/mol. The Balaban J connectivity index is 1.96. The molecule has 0 saturated heterocycles. The fraction of sp³-hybridized carbons (Fsp3) is 0.636. The van der Waals surface area contributed by atoms with Crippen LogP contribution in [0.5, 0.6) is 0 Å². The normalized spacial score (nSPS) is 16.2. The van der Waals surface area contributed by atoms with Crippen LogP contribution in [0, 0.1) is 5.92 Å². The van der Waals surface area contributed by atoms with E-state index in [0.29, 0.717) is 44.7 Å². The lowest BCUT2D eigenvalue weighted by atomic mass is 9.84. The quantitative estimate of drug-likeness (QED) is 0.318. The molecule has 2 atom stereocenters. The van der Waals surface area contributed by atoms with Gasteiger partial charge in [-0.05, 0) is 49.8 Å². The number of pyridine rings is 1. The summed E-state index contributed by atoms with van der Waals surface area (Å²) in [6, 6.07) is 1.28. The van der Waals surface area contributed by atoms with Crippen LogP contribution in [-0.2, 0) is 16.1 Å². The molecule has 172 valence electrons. The molecule has 9 heteroatoms. The van der Waals surface area contributed by atoms with Crippen molar-refractivity contribution in [2.24, 2.45) is 11.7 Å². The van der Waals surface area contributed by atoms with E-state index in [1.807, 2.05) is 6.07 Å². The molecule has 1 aromatic heterocycles. The van der Waals surface area contributed by atoms with Crippen LogP contribution in [0.15, 0.2) is 24.5 Å². The van der Waals surface area contributed by atoms with Crippen molar-refractivity contribution in [3.63, 3.8) is 0 Å². The van der Waals surface area contributed by atoms with Gasteiger partial charge in [-0.1, -0.05) is 38.2 Å². The van der Waals surface area contributed by atoms with Crippen LogP contribution < -0.4 is 21.7 Å². The summed E-state index contributed by atoms with van der Waals surface area (Å²) in [6.07, 6.45) is 11.0. The van der Waals surface area contributed by atoms with Crippen molar-refractivity contribution in [3.05, 3.63) is 30.1 Å². The monoisotopic (exact) mass is 433 g/mol. The van der Waals surface area contributed by atoms with Crippen LogP contribution in [0.2, 0.25) is 0 Å². The smallest absolute Gasteiger partial charge is 0.326 e. The molecule has 1 aromatic rings. The second-order valence-electron chi connectivity index (χ2n) is 8.16. The van der Waals surface area contributed by atoms with Gasteiger partial charge >= 0.3 is 12.0 Å². The molecule has 1 aliphatic rings. The largest absolute Gasteiger partial charge is 0.480 e. The number of unbranched alkanes of at least 4 members (excludes halogenated alkanes) is 1. The minimum atomic E-state index is -1.10. The minimum absolute atomic E-state index is 0.278. The number of aromatic nitrogens is 1. The molecule has 1 aliphatic carbocycles. The molecule has 0 bridgehead atoms.